The first-order valence-electron chi connectivity index (χ1n) is 7.80. The van der Waals surface area contributed by atoms with E-state index in [-0.39, 0.29) is 17.9 Å². The van der Waals surface area contributed by atoms with Gasteiger partial charge >= 0.3 is 6.18 Å². The van der Waals surface area contributed by atoms with E-state index >= 15 is 0 Å². The van der Waals surface area contributed by atoms with Crippen LogP contribution >= 0.6 is 0 Å². The number of imidazole rings is 1. The Morgan fingerprint density at radius 2 is 1.96 bits per heavy atom. The highest BCUT2D eigenvalue weighted by atomic mass is 19.4. The van der Waals surface area contributed by atoms with Crippen LogP contribution < -0.4 is 5.32 Å². The molecule has 0 radical (unpaired) electrons. The zero-order chi connectivity index (χ0) is 18.7. The van der Waals surface area contributed by atoms with Crippen molar-refractivity contribution < 1.29 is 13.2 Å². The number of rotatable bonds is 5. The fraction of sp³-hybridized carbons (Fsp3) is 0.312. The molecule has 0 aliphatic carbocycles. The third-order valence-electron chi connectivity index (χ3n) is 3.56. The monoisotopic (exact) mass is 363 g/mol. The van der Waals surface area contributed by atoms with Crippen molar-refractivity contribution in [2.75, 3.05) is 11.9 Å². The molecule has 1 N–H and O–H groups in total. The summed E-state index contributed by atoms with van der Waals surface area (Å²) in [4.78, 5) is 11.8. The lowest BCUT2D eigenvalue weighted by atomic mass is 10.3. The first-order chi connectivity index (χ1) is 12.3. The molecule has 7 nitrogen and oxygen atoms in total. The van der Waals surface area contributed by atoms with E-state index < -0.39 is 11.9 Å². The van der Waals surface area contributed by atoms with Crippen molar-refractivity contribution in [1.82, 2.24) is 29.7 Å². The van der Waals surface area contributed by atoms with Crippen LogP contribution in [0.15, 0.2) is 30.6 Å². The predicted octanol–water partition coefficient (Wildman–Crippen LogP) is 2.65. The van der Waals surface area contributed by atoms with Gasteiger partial charge in [-0.3, -0.25) is 0 Å². The van der Waals surface area contributed by atoms with Crippen LogP contribution in [0.4, 0.5) is 19.0 Å². The number of nitrogens with one attached hydrogen (secondary N) is 1. The van der Waals surface area contributed by atoms with Crippen LogP contribution in [-0.2, 0) is 19.6 Å². The lowest BCUT2D eigenvalue weighted by Gasteiger charge is -2.09. The van der Waals surface area contributed by atoms with Crippen LogP contribution in [0, 0.1) is 6.92 Å². The van der Waals surface area contributed by atoms with Gasteiger partial charge in [0, 0.05) is 38.1 Å². The highest BCUT2D eigenvalue weighted by Gasteiger charge is 2.33. The third-order valence-corrected chi connectivity index (χ3v) is 3.56. The van der Waals surface area contributed by atoms with E-state index in [1.54, 1.807) is 24.5 Å². The molecule has 3 aromatic rings. The quantitative estimate of drug-likeness (QED) is 0.751. The van der Waals surface area contributed by atoms with Crippen LogP contribution in [0.25, 0.3) is 11.5 Å². The summed E-state index contributed by atoms with van der Waals surface area (Å²) in [5.41, 5.74) is -0.0272. The van der Waals surface area contributed by atoms with Crippen LogP contribution in [0.5, 0.6) is 0 Å². The summed E-state index contributed by atoms with van der Waals surface area (Å²) in [6, 6.07) is 4.43. The van der Waals surface area contributed by atoms with E-state index in [2.05, 4.69) is 30.5 Å². The minimum atomic E-state index is -4.48. The number of alkyl halides is 3. The Labute approximate surface area is 147 Å². The SMILES string of the molecule is Cc1cc(C(F)(F)F)nc(CCNc2ccc(-c3nccn3C)nn2)n1. The van der Waals surface area contributed by atoms with Crippen molar-refractivity contribution in [3.63, 3.8) is 0 Å². The summed E-state index contributed by atoms with van der Waals surface area (Å²) in [6.45, 7) is 1.84. The molecule has 3 heterocycles. The molecular weight excluding hydrogens is 347 g/mol. The number of hydrogen-bond acceptors (Lipinski definition) is 6. The van der Waals surface area contributed by atoms with Gasteiger partial charge in [-0.15, -0.1) is 10.2 Å². The number of aryl methyl sites for hydroxylation is 2. The zero-order valence-electron chi connectivity index (χ0n) is 14.1. The second kappa shape index (κ2) is 7.06. The van der Waals surface area contributed by atoms with Crippen molar-refractivity contribution in [1.29, 1.82) is 0 Å². The second-order valence-corrected chi connectivity index (χ2v) is 5.65. The zero-order valence-corrected chi connectivity index (χ0v) is 14.1. The minimum absolute atomic E-state index is 0.127. The number of halogens is 3. The van der Waals surface area contributed by atoms with E-state index in [4.69, 9.17) is 0 Å². The molecule has 3 aromatic heterocycles. The van der Waals surface area contributed by atoms with Gasteiger partial charge < -0.3 is 9.88 Å². The molecule has 0 aromatic carbocycles. The molecule has 136 valence electrons. The number of aromatic nitrogens is 6. The van der Waals surface area contributed by atoms with Crippen LogP contribution in [0.3, 0.4) is 0 Å². The maximum atomic E-state index is 12.8. The Bertz CT molecular complexity index is 888. The molecule has 0 fully saturated rings. The Morgan fingerprint density at radius 1 is 1.15 bits per heavy atom. The molecule has 0 amide bonds. The average molecular weight is 363 g/mol. The highest BCUT2D eigenvalue weighted by Crippen LogP contribution is 2.27. The van der Waals surface area contributed by atoms with Crippen LogP contribution in [0.1, 0.15) is 17.2 Å². The van der Waals surface area contributed by atoms with Crippen molar-refractivity contribution in [2.45, 2.75) is 19.5 Å². The summed E-state index contributed by atoms with van der Waals surface area (Å²) in [6.07, 6.45) is -0.782. The van der Waals surface area contributed by atoms with Gasteiger partial charge in [-0.2, -0.15) is 13.2 Å². The molecule has 0 aliphatic rings. The number of anilines is 1. The molecule has 26 heavy (non-hydrogen) atoms. The van der Waals surface area contributed by atoms with E-state index in [1.165, 1.54) is 6.92 Å². The summed E-state index contributed by atoms with van der Waals surface area (Å²) >= 11 is 0. The molecule has 10 heteroatoms. The normalized spacial score (nSPS) is 11.6. The second-order valence-electron chi connectivity index (χ2n) is 5.65. The highest BCUT2D eigenvalue weighted by molar-refractivity contribution is 5.51. The molecular formula is C16H16F3N7. The van der Waals surface area contributed by atoms with Crippen molar-refractivity contribution in [3.05, 3.63) is 47.8 Å². The summed E-state index contributed by atoms with van der Waals surface area (Å²) < 4.78 is 40.2. The fourth-order valence-electron chi connectivity index (χ4n) is 2.35. The lowest BCUT2D eigenvalue weighted by molar-refractivity contribution is -0.141. The number of hydrogen-bond donors (Lipinski definition) is 1. The summed E-state index contributed by atoms with van der Waals surface area (Å²) in [5.74, 6) is 1.32. The first-order valence-corrected chi connectivity index (χ1v) is 7.80. The maximum Gasteiger partial charge on any atom is 0.433 e. The molecule has 3 rings (SSSR count). The number of nitrogens with zero attached hydrogens (tertiary/aromatic N) is 6. The molecule has 0 unspecified atom stereocenters. The van der Waals surface area contributed by atoms with E-state index in [9.17, 15) is 13.2 Å². The topological polar surface area (TPSA) is 81.4 Å². The van der Waals surface area contributed by atoms with Gasteiger partial charge in [0.25, 0.3) is 0 Å². The van der Waals surface area contributed by atoms with Gasteiger partial charge in [0.15, 0.2) is 5.82 Å². The third kappa shape index (κ3) is 4.13. The molecule has 0 aliphatic heterocycles. The standard InChI is InChI=1S/C16H16F3N7/c1-10-9-12(16(17,18)19)23-14(22-10)5-6-20-13-4-3-11(24-25-13)15-21-7-8-26(15)2/h3-4,7-9H,5-6H2,1-2H3,(H,20,25). The van der Waals surface area contributed by atoms with E-state index in [1.807, 2.05) is 11.6 Å². The Kier molecular flexibility index (Phi) is 4.83. The van der Waals surface area contributed by atoms with Crippen molar-refractivity contribution >= 4 is 5.82 Å². The van der Waals surface area contributed by atoms with Gasteiger partial charge in [-0.1, -0.05) is 0 Å². The van der Waals surface area contributed by atoms with Gasteiger partial charge in [0.1, 0.15) is 23.0 Å². The Balaban J connectivity index is 1.62. The van der Waals surface area contributed by atoms with Gasteiger partial charge in [-0.05, 0) is 25.1 Å². The van der Waals surface area contributed by atoms with Gasteiger partial charge in [0.2, 0.25) is 0 Å². The predicted molar refractivity (Wildman–Crippen MR) is 88.2 cm³/mol. The summed E-state index contributed by atoms with van der Waals surface area (Å²) in [5, 5.41) is 11.1. The minimum Gasteiger partial charge on any atom is -0.368 e. The Morgan fingerprint density at radius 3 is 2.58 bits per heavy atom. The first kappa shape index (κ1) is 17.8. The molecule has 0 bridgehead atoms. The van der Waals surface area contributed by atoms with E-state index in [0.29, 0.717) is 23.9 Å². The van der Waals surface area contributed by atoms with Crippen LogP contribution in [-0.4, -0.2) is 36.3 Å². The van der Waals surface area contributed by atoms with E-state index in [0.717, 1.165) is 6.07 Å². The largest absolute Gasteiger partial charge is 0.433 e. The molecule has 0 spiro atoms. The Hall–Kier alpha value is -3.04. The van der Waals surface area contributed by atoms with Crippen LogP contribution in [0.2, 0.25) is 0 Å². The fourth-order valence-corrected chi connectivity index (χ4v) is 2.35. The van der Waals surface area contributed by atoms with Crippen molar-refractivity contribution in [2.24, 2.45) is 7.05 Å². The summed E-state index contributed by atoms with van der Waals surface area (Å²) in [7, 11) is 1.85. The smallest absolute Gasteiger partial charge is 0.368 e. The average Bonchev–Trinajstić information content (AvgIpc) is 3.00. The molecule has 0 saturated heterocycles. The van der Waals surface area contributed by atoms with Gasteiger partial charge in [0.05, 0.1) is 0 Å². The van der Waals surface area contributed by atoms with Crippen molar-refractivity contribution in [3.8, 4) is 11.5 Å². The molecule has 0 atom stereocenters. The van der Waals surface area contributed by atoms with Gasteiger partial charge in [-0.25, -0.2) is 15.0 Å². The maximum absolute atomic E-state index is 12.8. The molecule has 0 saturated carbocycles. The lowest BCUT2D eigenvalue weighted by Crippen LogP contribution is -2.14.